The number of aliphatic hydroxyl groups is 2. The quantitative estimate of drug-likeness (QED) is 0.0146. The van der Waals surface area contributed by atoms with Gasteiger partial charge in [0.05, 0.1) is 26.4 Å². The van der Waals surface area contributed by atoms with Gasteiger partial charge in [-0.2, -0.15) is 0 Å². The summed E-state index contributed by atoms with van der Waals surface area (Å²) in [4.78, 5) is 58.3. The van der Waals surface area contributed by atoms with Crippen molar-refractivity contribution < 1.29 is 75.8 Å². The van der Waals surface area contributed by atoms with E-state index in [0.717, 1.165) is 154 Å². The molecule has 18 heteroatoms. The van der Waals surface area contributed by atoms with E-state index in [0.29, 0.717) is 19.3 Å². The Bertz CT molecular complexity index is 2010. The second kappa shape index (κ2) is 64.6. The van der Waals surface area contributed by atoms with E-state index in [2.05, 4.69) is 118 Å². The number of phosphoric acid groups is 2. The van der Waals surface area contributed by atoms with E-state index in [1.807, 2.05) is 0 Å². The molecular formula is C71H124O16P2. The van der Waals surface area contributed by atoms with E-state index in [4.69, 9.17) is 32.3 Å². The van der Waals surface area contributed by atoms with Crippen LogP contribution in [0.4, 0.5) is 0 Å². The lowest BCUT2D eigenvalue weighted by molar-refractivity contribution is -0.161. The lowest BCUT2D eigenvalue weighted by atomic mass is 10.1. The second-order valence-corrected chi connectivity index (χ2v) is 25.9. The van der Waals surface area contributed by atoms with Crippen LogP contribution in [0.5, 0.6) is 0 Å². The minimum atomic E-state index is -4.92. The maximum absolute atomic E-state index is 12.9. The summed E-state index contributed by atoms with van der Waals surface area (Å²) in [5.41, 5.74) is 0. The molecule has 0 heterocycles. The largest absolute Gasteiger partial charge is 0.472 e. The molecule has 0 aliphatic carbocycles. The van der Waals surface area contributed by atoms with E-state index < -0.39 is 91.5 Å². The number of hydrogen-bond acceptors (Lipinski definition) is 14. The molecule has 514 valence electrons. The summed E-state index contributed by atoms with van der Waals surface area (Å²) in [5.74, 6) is -1.60. The van der Waals surface area contributed by atoms with Gasteiger partial charge in [-0.3, -0.25) is 32.5 Å². The third-order valence-corrected chi connectivity index (χ3v) is 16.2. The second-order valence-electron chi connectivity index (χ2n) is 23.0. The summed E-state index contributed by atoms with van der Waals surface area (Å²) in [5, 5.41) is 20.5. The average Bonchev–Trinajstić information content (AvgIpc) is 3.53. The lowest BCUT2D eigenvalue weighted by Crippen LogP contribution is -2.30. The fourth-order valence-electron chi connectivity index (χ4n) is 9.02. The first-order valence-electron chi connectivity index (χ1n) is 34.5. The molecule has 16 nitrogen and oxygen atoms in total. The summed E-state index contributed by atoms with van der Waals surface area (Å²) in [7, 11) is -9.77. The van der Waals surface area contributed by atoms with Crippen LogP contribution in [0.3, 0.4) is 0 Å². The summed E-state index contributed by atoms with van der Waals surface area (Å²) in [6, 6.07) is 0. The lowest BCUT2D eigenvalue weighted by Gasteiger charge is -2.21. The van der Waals surface area contributed by atoms with Crippen LogP contribution in [0.25, 0.3) is 0 Å². The van der Waals surface area contributed by atoms with Crippen molar-refractivity contribution >= 4 is 33.6 Å². The molecule has 0 spiro atoms. The molecule has 0 saturated heterocycles. The Labute approximate surface area is 539 Å². The van der Waals surface area contributed by atoms with Crippen molar-refractivity contribution in [3.05, 3.63) is 97.2 Å². The van der Waals surface area contributed by atoms with Crippen molar-refractivity contribution in [3.8, 4) is 0 Å². The molecular weight excluding hydrogens is 1170 g/mol. The molecule has 0 rings (SSSR count). The first-order valence-corrected chi connectivity index (χ1v) is 37.5. The SMILES string of the molecule is CC/C=C\C/C=C\C/C=C\C/C=C\CCCCCCCCC(=O)OCC(COP(=O)(O)OCC(O)COP(=O)(O)OCC(O)COC(=O)CCCCCCCCC/C=C\C/C=C\C/C=C\C/C=C\CCCCC)OC(=O)CCCCCCCCCCCCC. The number of hydrogen-bond donors (Lipinski definition) is 4. The van der Waals surface area contributed by atoms with Gasteiger partial charge >= 0.3 is 33.6 Å². The van der Waals surface area contributed by atoms with E-state index >= 15 is 0 Å². The van der Waals surface area contributed by atoms with E-state index in [1.54, 1.807) is 0 Å². The molecule has 0 aliphatic rings. The molecule has 89 heavy (non-hydrogen) atoms. The number of carbonyl (C=O) groups is 3. The third-order valence-electron chi connectivity index (χ3n) is 14.3. The molecule has 0 aromatic carbocycles. The van der Waals surface area contributed by atoms with Gasteiger partial charge < -0.3 is 34.2 Å². The van der Waals surface area contributed by atoms with Gasteiger partial charge in [0.25, 0.3) is 0 Å². The number of allylic oxidation sites excluding steroid dienone is 16. The third kappa shape index (κ3) is 65.8. The van der Waals surface area contributed by atoms with Crippen molar-refractivity contribution in [2.24, 2.45) is 0 Å². The molecule has 5 atom stereocenters. The molecule has 4 N–H and O–H groups in total. The van der Waals surface area contributed by atoms with Crippen molar-refractivity contribution in [1.82, 2.24) is 0 Å². The minimum Gasteiger partial charge on any atom is -0.463 e. The van der Waals surface area contributed by atoms with Crippen LogP contribution in [0.15, 0.2) is 97.2 Å². The van der Waals surface area contributed by atoms with Crippen molar-refractivity contribution in [1.29, 1.82) is 0 Å². The maximum Gasteiger partial charge on any atom is 0.472 e. The number of rotatable bonds is 65. The first-order chi connectivity index (χ1) is 43.2. The van der Waals surface area contributed by atoms with Gasteiger partial charge in [-0.1, -0.05) is 253 Å². The zero-order chi connectivity index (χ0) is 65.3. The van der Waals surface area contributed by atoms with Crippen molar-refractivity contribution in [2.45, 2.75) is 296 Å². The van der Waals surface area contributed by atoms with E-state index in [9.17, 15) is 43.5 Å². The normalized spacial score (nSPS) is 14.8. The molecule has 0 aromatic heterocycles. The van der Waals surface area contributed by atoms with Crippen LogP contribution in [0, 0.1) is 0 Å². The van der Waals surface area contributed by atoms with Crippen LogP contribution in [0.2, 0.25) is 0 Å². The molecule has 0 amide bonds. The number of esters is 3. The predicted molar refractivity (Wildman–Crippen MR) is 362 cm³/mol. The highest BCUT2D eigenvalue weighted by atomic mass is 31.2. The smallest absolute Gasteiger partial charge is 0.463 e. The summed E-state index contributed by atoms with van der Waals surface area (Å²) >= 11 is 0. The van der Waals surface area contributed by atoms with Gasteiger partial charge in [-0.25, -0.2) is 9.13 Å². The van der Waals surface area contributed by atoms with Gasteiger partial charge in [0.1, 0.15) is 25.4 Å². The number of carbonyl (C=O) groups excluding carboxylic acids is 3. The fourth-order valence-corrected chi connectivity index (χ4v) is 10.6. The highest BCUT2D eigenvalue weighted by molar-refractivity contribution is 7.47. The Hall–Kier alpha value is -3.53. The van der Waals surface area contributed by atoms with Crippen LogP contribution in [-0.2, 0) is 55.8 Å². The van der Waals surface area contributed by atoms with Crippen molar-refractivity contribution in [2.75, 3.05) is 39.6 Å². The van der Waals surface area contributed by atoms with Crippen LogP contribution in [0.1, 0.15) is 278 Å². The zero-order valence-corrected chi connectivity index (χ0v) is 57.4. The summed E-state index contributed by atoms with van der Waals surface area (Å²) in [6.45, 7) is 2.49. The maximum atomic E-state index is 12.9. The molecule has 0 bridgehead atoms. The Morgan fingerprint density at radius 1 is 0.326 bits per heavy atom. The van der Waals surface area contributed by atoms with Crippen LogP contribution < -0.4 is 0 Å². The zero-order valence-electron chi connectivity index (χ0n) is 55.6. The van der Waals surface area contributed by atoms with Crippen molar-refractivity contribution in [3.63, 3.8) is 0 Å². The monoisotopic (exact) mass is 1290 g/mol. The minimum absolute atomic E-state index is 0.103. The van der Waals surface area contributed by atoms with Gasteiger partial charge in [0.15, 0.2) is 6.10 Å². The standard InChI is InChI=1S/C71H124O16P2/c1-4-7-10-13-16-19-22-24-26-28-30-31-32-33-35-37-38-40-43-45-48-51-54-57-69(74)81-60-66(72)61-83-88(77,78)84-62-67(73)63-85-89(79,80)86-65-68(87-71(76)59-56-53-50-47-42-21-18-15-12-9-6-3)64-82-70(75)58-55-52-49-46-44-41-39-36-34-29-27-25-23-20-17-14-11-8-5-2/h8,11,16-17,19-20,24-27,30-31,33-36,66-68,72-73H,4-7,9-10,12-15,18,21-23,28-29,32,37-65H2,1-3H3,(H,77,78)(H,79,80)/b11-8-,19-16-,20-17-,26-24-,27-25-,31-30-,35-33-,36-34-. The number of phosphoric ester groups is 2. The molecule has 5 unspecified atom stereocenters. The van der Waals surface area contributed by atoms with Gasteiger partial charge in [-0.05, 0) is 103 Å². The van der Waals surface area contributed by atoms with E-state index in [1.165, 1.54) is 64.2 Å². The molecule has 0 fully saturated rings. The Kier molecular flexibility index (Phi) is 62.0. The number of aliphatic hydroxyl groups excluding tert-OH is 2. The highest BCUT2D eigenvalue weighted by Crippen LogP contribution is 2.45. The molecule has 0 radical (unpaired) electrons. The Balaban J connectivity index is 4.57. The highest BCUT2D eigenvalue weighted by Gasteiger charge is 2.29. The molecule has 0 saturated carbocycles. The van der Waals surface area contributed by atoms with Crippen LogP contribution in [-0.4, -0.2) is 95.9 Å². The van der Waals surface area contributed by atoms with E-state index in [-0.39, 0.29) is 19.3 Å². The summed E-state index contributed by atoms with van der Waals surface area (Å²) < 4.78 is 60.8. The van der Waals surface area contributed by atoms with Gasteiger partial charge in [0.2, 0.25) is 0 Å². The van der Waals surface area contributed by atoms with Gasteiger partial charge in [0, 0.05) is 19.3 Å². The molecule has 0 aromatic rings. The Morgan fingerprint density at radius 2 is 0.596 bits per heavy atom. The summed E-state index contributed by atoms with van der Waals surface area (Å²) in [6.07, 6.45) is 70.3. The first kappa shape index (κ1) is 85.5. The number of ether oxygens (including phenoxy) is 3. The van der Waals surface area contributed by atoms with Gasteiger partial charge in [-0.15, -0.1) is 0 Å². The fraction of sp³-hybridized carbons (Fsp3) is 0.732. The topological polar surface area (TPSA) is 231 Å². The predicted octanol–water partition coefficient (Wildman–Crippen LogP) is 19.1. The average molecular weight is 1300 g/mol. The Morgan fingerprint density at radius 3 is 0.966 bits per heavy atom. The number of unbranched alkanes of at least 4 members (excludes halogenated alkanes) is 26. The van der Waals surface area contributed by atoms with Crippen LogP contribution >= 0.6 is 15.6 Å². The molecule has 0 aliphatic heterocycles.